The first-order chi connectivity index (χ1) is 11.2. The Kier molecular flexibility index (Phi) is 3.56. The lowest BCUT2D eigenvalue weighted by Gasteiger charge is -2.33. The number of aromatic nitrogens is 2. The summed E-state index contributed by atoms with van der Waals surface area (Å²) in [5, 5.41) is 0.741. The molecule has 3 heterocycles. The lowest BCUT2D eigenvalue weighted by atomic mass is 9.84. The minimum atomic E-state index is 0.00571. The number of carbonyl (C=O) groups is 1. The van der Waals surface area contributed by atoms with Crippen molar-refractivity contribution in [2.75, 3.05) is 6.54 Å². The topological polar surface area (TPSA) is 55.2 Å². The second-order valence-corrected chi connectivity index (χ2v) is 7.40. The maximum Gasteiger partial charge on any atom is 0.262 e. The van der Waals surface area contributed by atoms with Crippen molar-refractivity contribution >= 4 is 27.5 Å². The highest BCUT2D eigenvalue weighted by Crippen LogP contribution is 2.35. The van der Waals surface area contributed by atoms with Crippen LogP contribution in [0.1, 0.15) is 29.7 Å². The van der Waals surface area contributed by atoms with E-state index in [-0.39, 0.29) is 17.4 Å². The van der Waals surface area contributed by atoms with Gasteiger partial charge in [0.25, 0.3) is 5.56 Å². The van der Waals surface area contributed by atoms with Crippen LogP contribution in [0.4, 0.5) is 0 Å². The molecular formula is C17H19N3O2S. The van der Waals surface area contributed by atoms with Gasteiger partial charge in [0.05, 0.1) is 18.3 Å². The SMILES string of the molecule is C=CCn1cnc2sc3c(c2c1=O)CCN(C(=O)C1CCC1)C3. The summed E-state index contributed by atoms with van der Waals surface area (Å²) >= 11 is 1.56. The molecule has 23 heavy (non-hydrogen) atoms. The van der Waals surface area contributed by atoms with Crippen molar-refractivity contribution in [2.45, 2.75) is 38.8 Å². The molecule has 1 aliphatic carbocycles. The quantitative estimate of drug-likeness (QED) is 0.812. The Morgan fingerprint density at radius 1 is 1.48 bits per heavy atom. The normalized spacial score (nSPS) is 17.8. The summed E-state index contributed by atoms with van der Waals surface area (Å²) in [6.45, 7) is 5.50. The third-order valence-electron chi connectivity index (χ3n) is 4.92. The van der Waals surface area contributed by atoms with E-state index in [0.717, 1.165) is 39.9 Å². The van der Waals surface area contributed by atoms with Gasteiger partial charge >= 0.3 is 0 Å². The number of hydrogen-bond acceptors (Lipinski definition) is 4. The van der Waals surface area contributed by atoms with Crippen molar-refractivity contribution in [3.63, 3.8) is 0 Å². The third kappa shape index (κ3) is 2.32. The summed E-state index contributed by atoms with van der Waals surface area (Å²) in [6, 6.07) is 0. The van der Waals surface area contributed by atoms with Crippen LogP contribution in [0.2, 0.25) is 0 Å². The van der Waals surface area contributed by atoms with Crippen molar-refractivity contribution in [1.29, 1.82) is 0 Å². The number of allylic oxidation sites excluding steroid dienone is 1. The van der Waals surface area contributed by atoms with E-state index in [2.05, 4.69) is 11.6 Å². The van der Waals surface area contributed by atoms with E-state index < -0.39 is 0 Å². The lowest BCUT2D eigenvalue weighted by molar-refractivity contribution is -0.139. The summed E-state index contributed by atoms with van der Waals surface area (Å²) in [5.41, 5.74) is 1.10. The minimum absolute atomic E-state index is 0.00571. The van der Waals surface area contributed by atoms with Gasteiger partial charge in [-0.2, -0.15) is 0 Å². The van der Waals surface area contributed by atoms with Crippen molar-refractivity contribution in [3.05, 3.63) is 39.8 Å². The Labute approximate surface area is 138 Å². The van der Waals surface area contributed by atoms with Crippen LogP contribution < -0.4 is 5.56 Å². The number of nitrogens with zero attached hydrogens (tertiary/aromatic N) is 3. The van der Waals surface area contributed by atoms with E-state index in [9.17, 15) is 9.59 Å². The van der Waals surface area contributed by atoms with Gasteiger partial charge in [-0.1, -0.05) is 12.5 Å². The van der Waals surface area contributed by atoms with Crippen LogP contribution in [0.15, 0.2) is 23.8 Å². The summed E-state index contributed by atoms with van der Waals surface area (Å²) < 4.78 is 1.59. The second kappa shape index (κ2) is 5.60. The smallest absolute Gasteiger partial charge is 0.262 e. The molecule has 0 saturated heterocycles. The fourth-order valence-electron chi connectivity index (χ4n) is 3.39. The first kappa shape index (κ1) is 14.6. The molecule has 1 amide bonds. The van der Waals surface area contributed by atoms with Crippen LogP contribution in [0, 0.1) is 5.92 Å². The van der Waals surface area contributed by atoms with Crippen LogP contribution in [0.25, 0.3) is 10.2 Å². The van der Waals surface area contributed by atoms with Gasteiger partial charge in [0.1, 0.15) is 4.83 Å². The Morgan fingerprint density at radius 2 is 2.30 bits per heavy atom. The molecule has 6 heteroatoms. The van der Waals surface area contributed by atoms with E-state index in [1.165, 1.54) is 6.42 Å². The van der Waals surface area contributed by atoms with Gasteiger partial charge in [-0.15, -0.1) is 17.9 Å². The molecule has 5 nitrogen and oxygen atoms in total. The number of thiophene rings is 1. The van der Waals surface area contributed by atoms with Crippen molar-refractivity contribution in [1.82, 2.24) is 14.5 Å². The number of hydrogen-bond donors (Lipinski definition) is 0. The average Bonchev–Trinajstić information content (AvgIpc) is 2.86. The van der Waals surface area contributed by atoms with Gasteiger partial charge in [-0.3, -0.25) is 14.2 Å². The van der Waals surface area contributed by atoms with Crippen LogP contribution in [0.5, 0.6) is 0 Å². The Morgan fingerprint density at radius 3 is 3.00 bits per heavy atom. The molecule has 0 spiro atoms. The van der Waals surface area contributed by atoms with E-state index in [0.29, 0.717) is 19.6 Å². The molecule has 0 radical (unpaired) electrons. The molecule has 0 bridgehead atoms. The van der Waals surface area contributed by atoms with Crippen molar-refractivity contribution < 1.29 is 4.79 Å². The van der Waals surface area contributed by atoms with Gasteiger partial charge in [0, 0.05) is 23.9 Å². The molecule has 2 aromatic rings. The number of fused-ring (bicyclic) bond motifs is 3. The lowest BCUT2D eigenvalue weighted by Crippen LogP contribution is -2.41. The molecule has 0 aromatic carbocycles. The van der Waals surface area contributed by atoms with Gasteiger partial charge < -0.3 is 4.90 Å². The third-order valence-corrected chi connectivity index (χ3v) is 6.04. The largest absolute Gasteiger partial charge is 0.337 e. The van der Waals surface area contributed by atoms with E-state index >= 15 is 0 Å². The van der Waals surface area contributed by atoms with Crippen molar-refractivity contribution in [2.24, 2.45) is 5.92 Å². The summed E-state index contributed by atoms with van der Waals surface area (Å²) in [7, 11) is 0. The highest BCUT2D eigenvalue weighted by atomic mass is 32.1. The molecule has 1 saturated carbocycles. The van der Waals surface area contributed by atoms with Gasteiger partial charge in [0.2, 0.25) is 5.91 Å². The van der Waals surface area contributed by atoms with E-state index in [1.54, 1.807) is 28.3 Å². The Balaban J connectivity index is 1.70. The maximum absolute atomic E-state index is 12.6. The predicted octanol–water partition coefficient (Wildman–Crippen LogP) is 2.33. The molecule has 0 atom stereocenters. The first-order valence-electron chi connectivity index (χ1n) is 8.08. The van der Waals surface area contributed by atoms with Crippen LogP contribution in [-0.2, 0) is 24.3 Å². The van der Waals surface area contributed by atoms with Gasteiger partial charge in [-0.25, -0.2) is 4.98 Å². The molecule has 4 rings (SSSR count). The average molecular weight is 329 g/mol. The molecule has 2 aromatic heterocycles. The second-order valence-electron chi connectivity index (χ2n) is 6.31. The monoisotopic (exact) mass is 329 g/mol. The Hall–Kier alpha value is -1.95. The first-order valence-corrected chi connectivity index (χ1v) is 8.90. The molecular weight excluding hydrogens is 310 g/mol. The highest BCUT2D eigenvalue weighted by Gasteiger charge is 2.32. The molecule has 1 aliphatic heterocycles. The summed E-state index contributed by atoms with van der Waals surface area (Å²) in [6.07, 6.45) is 7.27. The summed E-state index contributed by atoms with van der Waals surface area (Å²) in [4.78, 5) is 33.4. The minimum Gasteiger partial charge on any atom is -0.337 e. The van der Waals surface area contributed by atoms with E-state index in [4.69, 9.17) is 0 Å². The molecule has 0 N–H and O–H groups in total. The predicted molar refractivity (Wildman–Crippen MR) is 90.5 cm³/mol. The molecule has 120 valence electrons. The van der Waals surface area contributed by atoms with Crippen molar-refractivity contribution in [3.8, 4) is 0 Å². The van der Waals surface area contributed by atoms with Crippen LogP contribution in [0.3, 0.4) is 0 Å². The number of carbonyl (C=O) groups excluding carboxylic acids is 1. The fourth-order valence-corrected chi connectivity index (χ4v) is 4.58. The van der Waals surface area contributed by atoms with Gasteiger partial charge in [0.15, 0.2) is 0 Å². The molecule has 1 fully saturated rings. The zero-order valence-corrected chi connectivity index (χ0v) is 13.8. The fraction of sp³-hybridized carbons (Fsp3) is 0.471. The number of amides is 1. The zero-order chi connectivity index (χ0) is 16.0. The highest BCUT2D eigenvalue weighted by molar-refractivity contribution is 7.18. The molecule has 2 aliphatic rings. The standard InChI is InChI=1S/C17H19N3O2S/c1-2-7-20-10-18-15-14(17(20)22)12-6-8-19(9-13(12)23-15)16(21)11-4-3-5-11/h2,10-11H,1,3-9H2. The Bertz CT molecular complexity index is 847. The zero-order valence-electron chi connectivity index (χ0n) is 13.0. The van der Waals surface area contributed by atoms with Crippen LogP contribution >= 0.6 is 11.3 Å². The molecule has 0 unspecified atom stereocenters. The van der Waals surface area contributed by atoms with E-state index in [1.807, 2.05) is 4.90 Å². The van der Waals surface area contributed by atoms with Gasteiger partial charge in [-0.05, 0) is 24.8 Å². The van der Waals surface area contributed by atoms with Crippen LogP contribution in [-0.4, -0.2) is 26.9 Å². The maximum atomic E-state index is 12.6. The summed E-state index contributed by atoms with van der Waals surface area (Å²) in [5.74, 6) is 0.519. The number of rotatable bonds is 3.